The summed E-state index contributed by atoms with van der Waals surface area (Å²) in [6.07, 6.45) is -4.58. The number of carbonyl (C=O) groups is 1. The maximum Gasteiger partial charge on any atom is 0.435 e. The molecule has 0 atom stereocenters. The minimum absolute atomic E-state index is 0.0923. The van der Waals surface area contributed by atoms with Gasteiger partial charge in [0.1, 0.15) is 5.75 Å². The van der Waals surface area contributed by atoms with Crippen LogP contribution in [0.1, 0.15) is 16.8 Å². The summed E-state index contributed by atoms with van der Waals surface area (Å²) in [6, 6.07) is 11.4. The van der Waals surface area contributed by atoms with Crippen molar-refractivity contribution < 1.29 is 22.7 Å². The van der Waals surface area contributed by atoms with Crippen LogP contribution >= 0.6 is 0 Å². The summed E-state index contributed by atoms with van der Waals surface area (Å²) < 4.78 is 46.7. The fourth-order valence-corrected chi connectivity index (χ4v) is 3.10. The van der Waals surface area contributed by atoms with Crippen LogP contribution in [0.2, 0.25) is 0 Å². The number of amides is 1. The van der Waals surface area contributed by atoms with Crippen molar-refractivity contribution in [1.29, 1.82) is 0 Å². The zero-order valence-electron chi connectivity index (χ0n) is 15.1. The molecule has 4 rings (SSSR count). The number of ether oxygens (including phenoxy) is 1. The second-order valence-electron chi connectivity index (χ2n) is 6.66. The molecule has 0 saturated heterocycles. The van der Waals surface area contributed by atoms with E-state index in [9.17, 15) is 18.0 Å². The van der Waals surface area contributed by atoms with E-state index in [0.29, 0.717) is 22.7 Å². The number of aryl methyl sites for hydroxylation is 2. The van der Waals surface area contributed by atoms with Crippen LogP contribution in [0.5, 0.6) is 5.75 Å². The number of benzene rings is 2. The van der Waals surface area contributed by atoms with Crippen LogP contribution in [-0.2, 0) is 11.0 Å². The zero-order chi connectivity index (χ0) is 20.1. The molecule has 0 fully saturated rings. The molecule has 2 aromatic carbocycles. The van der Waals surface area contributed by atoms with Crippen molar-refractivity contribution in [2.45, 2.75) is 20.0 Å². The molecule has 0 saturated carbocycles. The summed E-state index contributed by atoms with van der Waals surface area (Å²) in [5.41, 5.74) is 2.43. The van der Waals surface area contributed by atoms with Crippen molar-refractivity contribution in [2.75, 3.05) is 11.9 Å². The van der Waals surface area contributed by atoms with E-state index in [0.717, 1.165) is 17.2 Å². The van der Waals surface area contributed by atoms with Gasteiger partial charge in [-0.3, -0.25) is 4.79 Å². The zero-order valence-corrected chi connectivity index (χ0v) is 15.1. The molecule has 0 unspecified atom stereocenters. The second kappa shape index (κ2) is 6.40. The average molecular weight is 387 g/mol. The lowest BCUT2D eigenvalue weighted by Gasteiger charge is -2.19. The monoisotopic (exact) mass is 387 g/mol. The highest BCUT2D eigenvalue weighted by molar-refractivity contribution is 5.96. The first-order chi connectivity index (χ1) is 13.2. The number of nitrogens with zero attached hydrogens (tertiary/aromatic N) is 2. The van der Waals surface area contributed by atoms with Gasteiger partial charge in [-0.25, -0.2) is 4.68 Å². The molecule has 1 N–H and O–H groups in total. The van der Waals surface area contributed by atoms with Gasteiger partial charge in [0.05, 0.1) is 17.1 Å². The summed E-state index contributed by atoms with van der Waals surface area (Å²) in [5, 5.41) is 6.50. The minimum atomic E-state index is -4.58. The fraction of sp³-hybridized carbons (Fsp3) is 0.200. The molecular weight excluding hydrogens is 371 g/mol. The molecule has 1 aliphatic heterocycles. The molecule has 2 heterocycles. The molecular formula is C20H16F3N3O2. The van der Waals surface area contributed by atoms with E-state index in [1.54, 1.807) is 24.3 Å². The van der Waals surface area contributed by atoms with Crippen LogP contribution in [-0.4, -0.2) is 22.3 Å². The van der Waals surface area contributed by atoms with Gasteiger partial charge in [-0.15, -0.1) is 0 Å². The van der Waals surface area contributed by atoms with Crippen molar-refractivity contribution >= 4 is 11.6 Å². The van der Waals surface area contributed by atoms with Crippen LogP contribution in [0.15, 0.2) is 42.5 Å². The third kappa shape index (κ3) is 3.21. The first-order valence-corrected chi connectivity index (χ1v) is 8.54. The van der Waals surface area contributed by atoms with Gasteiger partial charge in [0.25, 0.3) is 5.91 Å². The van der Waals surface area contributed by atoms with E-state index in [-0.39, 0.29) is 18.2 Å². The van der Waals surface area contributed by atoms with Crippen molar-refractivity contribution in [3.8, 4) is 22.7 Å². The Morgan fingerprint density at radius 3 is 2.64 bits per heavy atom. The Labute approximate surface area is 158 Å². The van der Waals surface area contributed by atoms with Crippen LogP contribution in [0.4, 0.5) is 18.9 Å². The number of carbonyl (C=O) groups excluding carboxylic acids is 1. The Hall–Kier alpha value is -3.29. The van der Waals surface area contributed by atoms with Crippen molar-refractivity contribution in [1.82, 2.24) is 9.78 Å². The third-order valence-electron chi connectivity index (χ3n) is 4.50. The maximum atomic E-state index is 13.4. The molecule has 3 aromatic rings. The number of nitrogens with one attached hydrogen (secondary N) is 1. The van der Waals surface area contributed by atoms with Gasteiger partial charge in [-0.05, 0) is 55.3 Å². The second-order valence-corrected chi connectivity index (χ2v) is 6.66. The van der Waals surface area contributed by atoms with Gasteiger partial charge in [0.15, 0.2) is 12.3 Å². The number of halogens is 3. The molecule has 0 spiro atoms. The molecule has 144 valence electrons. The smallest absolute Gasteiger partial charge is 0.435 e. The van der Waals surface area contributed by atoms with Crippen LogP contribution < -0.4 is 10.1 Å². The lowest BCUT2D eigenvalue weighted by molar-refractivity contribution is -0.141. The summed E-state index contributed by atoms with van der Waals surface area (Å²) in [4.78, 5) is 11.6. The molecule has 1 aromatic heterocycles. The van der Waals surface area contributed by atoms with Gasteiger partial charge in [0.2, 0.25) is 0 Å². The highest BCUT2D eigenvalue weighted by atomic mass is 19.4. The molecule has 8 heteroatoms. The molecule has 28 heavy (non-hydrogen) atoms. The molecule has 1 amide bonds. The van der Waals surface area contributed by atoms with Crippen LogP contribution in [0.25, 0.3) is 16.9 Å². The number of anilines is 1. The van der Waals surface area contributed by atoms with E-state index >= 15 is 0 Å². The SMILES string of the molecule is Cc1ccc(C)c(-n2nc(C(F)(F)F)cc2-c2ccc3c(c2)NC(=O)CO3)c1. The number of alkyl halides is 3. The predicted molar refractivity (Wildman–Crippen MR) is 97.6 cm³/mol. The Kier molecular flexibility index (Phi) is 4.14. The van der Waals surface area contributed by atoms with Crippen LogP contribution in [0.3, 0.4) is 0 Å². The van der Waals surface area contributed by atoms with Gasteiger partial charge >= 0.3 is 6.18 Å². The van der Waals surface area contributed by atoms with E-state index in [1.165, 1.54) is 4.68 Å². The van der Waals surface area contributed by atoms with E-state index in [1.807, 2.05) is 26.0 Å². The summed E-state index contributed by atoms with van der Waals surface area (Å²) in [7, 11) is 0. The third-order valence-corrected chi connectivity index (χ3v) is 4.50. The maximum absolute atomic E-state index is 13.4. The molecule has 5 nitrogen and oxygen atoms in total. The molecule has 1 aliphatic rings. The van der Waals surface area contributed by atoms with Gasteiger partial charge in [0, 0.05) is 5.56 Å². The van der Waals surface area contributed by atoms with Gasteiger partial charge in [-0.2, -0.15) is 18.3 Å². The first-order valence-electron chi connectivity index (χ1n) is 8.54. The quantitative estimate of drug-likeness (QED) is 0.704. The summed E-state index contributed by atoms with van der Waals surface area (Å²) in [6.45, 7) is 3.59. The fourth-order valence-electron chi connectivity index (χ4n) is 3.10. The Morgan fingerprint density at radius 1 is 1.11 bits per heavy atom. The lowest BCUT2D eigenvalue weighted by Crippen LogP contribution is -2.25. The highest BCUT2D eigenvalue weighted by Gasteiger charge is 2.35. The van der Waals surface area contributed by atoms with E-state index < -0.39 is 11.9 Å². The first kappa shape index (κ1) is 18.1. The van der Waals surface area contributed by atoms with Crippen LogP contribution in [0, 0.1) is 13.8 Å². The predicted octanol–water partition coefficient (Wildman–Crippen LogP) is 4.51. The Balaban J connectivity index is 1.91. The topological polar surface area (TPSA) is 56.2 Å². The van der Waals surface area contributed by atoms with Crippen molar-refractivity contribution in [2.24, 2.45) is 0 Å². The number of hydrogen-bond acceptors (Lipinski definition) is 3. The number of fused-ring (bicyclic) bond motifs is 1. The molecule has 0 aliphatic carbocycles. The van der Waals surface area contributed by atoms with Gasteiger partial charge in [-0.1, -0.05) is 12.1 Å². The van der Waals surface area contributed by atoms with E-state index in [4.69, 9.17) is 4.74 Å². The van der Waals surface area contributed by atoms with E-state index in [2.05, 4.69) is 10.4 Å². The standard InChI is InChI=1S/C20H16F3N3O2/c1-11-3-4-12(2)15(7-11)26-16(9-18(25-26)20(21,22)23)13-5-6-17-14(8-13)24-19(27)10-28-17/h3-9H,10H2,1-2H3,(H,24,27). The average Bonchev–Trinajstić information content (AvgIpc) is 3.08. The number of aromatic nitrogens is 2. The Bertz CT molecular complexity index is 1090. The number of hydrogen-bond donors (Lipinski definition) is 1. The lowest BCUT2D eigenvalue weighted by atomic mass is 10.1. The van der Waals surface area contributed by atoms with Crippen molar-refractivity contribution in [3.63, 3.8) is 0 Å². The normalized spacial score (nSPS) is 13.7. The molecule has 0 radical (unpaired) electrons. The largest absolute Gasteiger partial charge is 0.482 e. The highest BCUT2D eigenvalue weighted by Crippen LogP contribution is 2.37. The Morgan fingerprint density at radius 2 is 1.89 bits per heavy atom. The van der Waals surface area contributed by atoms with Crippen molar-refractivity contribution in [3.05, 3.63) is 59.3 Å². The van der Waals surface area contributed by atoms with Gasteiger partial charge < -0.3 is 10.1 Å². The molecule has 0 bridgehead atoms. The number of rotatable bonds is 2. The minimum Gasteiger partial charge on any atom is -0.482 e. The summed E-state index contributed by atoms with van der Waals surface area (Å²) in [5.74, 6) is 0.154. The summed E-state index contributed by atoms with van der Waals surface area (Å²) >= 11 is 0.